The summed E-state index contributed by atoms with van der Waals surface area (Å²) in [5.74, 6) is 0.00523. The number of amidine groups is 1. The number of rotatable bonds is 4. The van der Waals surface area contributed by atoms with E-state index in [1.807, 2.05) is 31.2 Å². The molecule has 1 amide bonds. The van der Waals surface area contributed by atoms with Gasteiger partial charge in [-0.25, -0.2) is 0 Å². The van der Waals surface area contributed by atoms with Crippen molar-refractivity contribution in [2.24, 2.45) is 4.99 Å². The lowest BCUT2D eigenvalue weighted by atomic mass is 10.1. The number of aryl methyl sites for hydroxylation is 1. The molecule has 1 atom stereocenters. The highest BCUT2D eigenvalue weighted by Crippen LogP contribution is 2.16. The van der Waals surface area contributed by atoms with Gasteiger partial charge in [-0.1, -0.05) is 30.8 Å². The van der Waals surface area contributed by atoms with Crippen molar-refractivity contribution in [3.8, 4) is 0 Å². The summed E-state index contributed by atoms with van der Waals surface area (Å²) >= 11 is 1.47. The quantitative estimate of drug-likeness (QED) is 0.887. The third-order valence-corrected chi connectivity index (χ3v) is 4.00. The Morgan fingerprint density at radius 2 is 2.21 bits per heavy atom. The molecular weight excluding hydrogens is 258 g/mol. The minimum atomic E-state index is -0.157. The summed E-state index contributed by atoms with van der Waals surface area (Å²) in [6.07, 6.45) is 1.01. The molecule has 0 aromatic heterocycles. The van der Waals surface area contributed by atoms with Crippen LogP contribution in [0.1, 0.15) is 19.4 Å². The van der Waals surface area contributed by atoms with Crippen molar-refractivity contribution in [2.75, 3.05) is 18.4 Å². The van der Waals surface area contributed by atoms with Crippen LogP contribution >= 0.6 is 11.8 Å². The van der Waals surface area contributed by atoms with Gasteiger partial charge in [-0.05, 0) is 31.0 Å². The molecule has 1 heterocycles. The van der Waals surface area contributed by atoms with Gasteiger partial charge in [-0.2, -0.15) is 0 Å². The van der Waals surface area contributed by atoms with Crippen molar-refractivity contribution in [1.29, 1.82) is 0 Å². The summed E-state index contributed by atoms with van der Waals surface area (Å²) in [6, 6.07) is 7.96. The fourth-order valence-electron chi connectivity index (χ4n) is 1.74. The zero-order valence-corrected chi connectivity index (χ0v) is 12.1. The highest BCUT2D eigenvalue weighted by atomic mass is 32.2. The van der Waals surface area contributed by atoms with Gasteiger partial charge in [-0.3, -0.25) is 9.79 Å². The first kappa shape index (κ1) is 13.9. The maximum atomic E-state index is 12.0. The lowest BCUT2D eigenvalue weighted by molar-refractivity contribution is -0.115. The first-order valence-electron chi connectivity index (χ1n) is 6.54. The fourth-order valence-corrected chi connectivity index (χ4v) is 2.60. The molecule has 0 aliphatic carbocycles. The zero-order chi connectivity index (χ0) is 13.7. The number of nitrogens with zero attached hydrogens (tertiary/aromatic N) is 1. The molecule has 0 fully saturated rings. The Bertz CT molecular complexity index is 470. The van der Waals surface area contributed by atoms with Gasteiger partial charge in [0.15, 0.2) is 5.17 Å². The van der Waals surface area contributed by atoms with E-state index in [1.165, 1.54) is 17.3 Å². The number of benzene rings is 1. The third-order valence-electron chi connectivity index (χ3n) is 2.93. The van der Waals surface area contributed by atoms with Crippen molar-refractivity contribution in [3.05, 3.63) is 29.8 Å². The van der Waals surface area contributed by atoms with Gasteiger partial charge in [0.25, 0.3) is 0 Å². The highest BCUT2D eigenvalue weighted by Gasteiger charge is 2.18. The van der Waals surface area contributed by atoms with Crippen molar-refractivity contribution < 1.29 is 4.79 Å². The highest BCUT2D eigenvalue weighted by molar-refractivity contribution is 8.14. The van der Waals surface area contributed by atoms with Crippen LogP contribution < -0.4 is 10.6 Å². The predicted octanol–water partition coefficient (Wildman–Crippen LogP) is 2.27. The Labute approximate surface area is 118 Å². The van der Waals surface area contributed by atoms with Gasteiger partial charge >= 0.3 is 0 Å². The van der Waals surface area contributed by atoms with E-state index in [1.54, 1.807) is 0 Å². The molecule has 0 radical (unpaired) electrons. The molecule has 0 spiro atoms. The van der Waals surface area contributed by atoms with Crippen LogP contribution in [0.15, 0.2) is 29.3 Å². The second-order valence-electron chi connectivity index (χ2n) is 4.41. The van der Waals surface area contributed by atoms with E-state index >= 15 is 0 Å². The molecular formula is C14H19N3OS. The number of carbonyl (C=O) groups is 1. The van der Waals surface area contributed by atoms with Crippen LogP contribution in [-0.4, -0.2) is 29.4 Å². The molecule has 1 aliphatic heterocycles. The molecule has 1 aliphatic rings. The SMILES string of the molecule is CCc1ccc(NC(=O)[C@H](C)SC2=NCCN2)cc1. The van der Waals surface area contributed by atoms with Gasteiger partial charge < -0.3 is 10.6 Å². The number of hydrogen-bond donors (Lipinski definition) is 2. The van der Waals surface area contributed by atoms with Crippen molar-refractivity contribution in [1.82, 2.24) is 5.32 Å². The minimum absolute atomic E-state index is 0.00523. The molecule has 2 rings (SSSR count). The number of thioether (sulfide) groups is 1. The van der Waals surface area contributed by atoms with Crippen LogP contribution in [0.2, 0.25) is 0 Å². The van der Waals surface area contributed by atoms with Crippen molar-refractivity contribution in [3.63, 3.8) is 0 Å². The van der Waals surface area contributed by atoms with Crippen LogP contribution in [-0.2, 0) is 11.2 Å². The van der Waals surface area contributed by atoms with Crippen LogP contribution in [0.3, 0.4) is 0 Å². The monoisotopic (exact) mass is 277 g/mol. The van der Waals surface area contributed by atoms with Gasteiger partial charge in [0, 0.05) is 12.2 Å². The molecule has 4 nitrogen and oxygen atoms in total. The predicted molar refractivity (Wildman–Crippen MR) is 81.8 cm³/mol. The molecule has 19 heavy (non-hydrogen) atoms. The van der Waals surface area contributed by atoms with Gasteiger partial charge in [0.2, 0.25) is 5.91 Å². The van der Waals surface area contributed by atoms with E-state index in [4.69, 9.17) is 0 Å². The topological polar surface area (TPSA) is 53.5 Å². The average molecular weight is 277 g/mol. The number of amides is 1. The summed E-state index contributed by atoms with van der Waals surface area (Å²) in [5, 5.41) is 6.79. The summed E-state index contributed by atoms with van der Waals surface area (Å²) in [4.78, 5) is 16.3. The largest absolute Gasteiger partial charge is 0.363 e. The van der Waals surface area contributed by atoms with Crippen molar-refractivity contribution >= 4 is 28.5 Å². The number of hydrogen-bond acceptors (Lipinski definition) is 4. The fraction of sp³-hybridized carbons (Fsp3) is 0.429. The van der Waals surface area contributed by atoms with E-state index in [0.29, 0.717) is 0 Å². The number of carbonyl (C=O) groups excluding carboxylic acids is 1. The lowest BCUT2D eigenvalue weighted by Crippen LogP contribution is -2.26. The maximum absolute atomic E-state index is 12.0. The summed E-state index contributed by atoms with van der Waals surface area (Å²) in [5.41, 5.74) is 2.11. The van der Waals surface area contributed by atoms with Crippen LogP contribution in [0.5, 0.6) is 0 Å². The maximum Gasteiger partial charge on any atom is 0.237 e. The van der Waals surface area contributed by atoms with E-state index in [0.717, 1.165) is 30.4 Å². The number of anilines is 1. The normalized spacial score (nSPS) is 15.6. The van der Waals surface area contributed by atoms with Gasteiger partial charge in [0.1, 0.15) is 0 Å². The minimum Gasteiger partial charge on any atom is -0.363 e. The molecule has 1 aromatic carbocycles. The first-order valence-corrected chi connectivity index (χ1v) is 7.42. The second-order valence-corrected chi connectivity index (χ2v) is 5.74. The Hall–Kier alpha value is -1.49. The van der Waals surface area contributed by atoms with Crippen molar-refractivity contribution in [2.45, 2.75) is 25.5 Å². The number of aliphatic imine (C=N–C) groups is 1. The van der Waals surface area contributed by atoms with E-state index in [-0.39, 0.29) is 11.2 Å². The molecule has 0 unspecified atom stereocenters. The summed E-state index contributed by atoms with van der Waals surface area (Å²) in [6.45, 7) is 5.68. The molecule has 1 aromatic rings. The number of nitrogens with one attached hydrogen (secondary N) is 2. The Kier molecular flexibility index (Phi) is 4.85. The third kappa shape index (κ3) is 3.99. The van der Waals surface area contributed by atoms with Crippen LogP contribution in [0, 0.1) is 0 Å². The zero-order valence-electron chi connectivity index (χ0n) is 11.3. The molecule has 102 valence electrons. The first-order chi connectivity index (χ1) is 9.19. The Morgan fingerprint density at radius 3 is 2.79 bits per heavy atom. The Morgan fingerprint density at radius 1 is 1.47 bits per heavy atom. The molecule has 0 bridgehead atoms. The second kappa shape index (κ2) is 6.61. The smallest absolute Gasteiger partial charge is 0.237 e. The standard InChI is InChI=1S/C14H19N3OS/c1-3-11-4-6-12(7-5-11)17-13(18)10(2)19-14-15-8-9-16-14/h4-7,10H,3,8-9H2,1-2H3,(H,15,16)(H,17,18)/t10-/m0/s1. The Balaban J connectivity index is 1.88. The molecule has 5 heteroatoms. The average Bonchev–Trinajstić information content (AvgIpc) is 2.92. The van der Waals surface area contributed by atoms with Crippen LogP contribution in [0.25, 0.3) is 0 Å². The molecule has 0 saturated heterocycles. The summed E-state index contributed by atoms with van der Waals surface area (Å²) in [7, 11) is 0. The van der Waals surface area contributed by atoms with E-state index in [9.17, 15) is 4.79 Å². The van der Waals surface area contributed by atoms with E-state index in [2.05, 4.69) is 22.5 Å². The molecule has 2 N–H and O–H groups in total. The van der Waals surface area contributed by atoms with Gasteiger partial charge in [0.05, 0.1) is 11.8 Å². The van der Waals surface area contributed by atoms with E-state index < -0.39 is 0 Å². The summed E-state index contributed by atoms with van der Waals surface area (Å²) < 4.78 is 0. The van der Waals surface area contributed by atoms with Crippen LogP contribution in [0.4, 0.5) is 5.69 Å². The lowest BCUT2D eigenvalue weighted by Gasteiger charge is -2.12. The molecule has 0 saturated carbocycles. The van der Waals surface area contributed by atoms with Gasteiger partial charge in [-0.15, -0.1) is 0 Å².